The number of aliphatic imine (C=N–C) groups is 1. The maximum atomic E-state index is 13.4. The first-order valence-electron chi connectivity index (χ1n) is 13.1. The van der Waals surface area contributed by atoms with Crippen molar-refractivity contribution in [3.63, 3.8) is 0 Å². The zero-order chi connectivity index (χ0) is 29.2. The predicted octanol–water partition coefficient (Wildman–Crippen LogP) is 2.92. The summed E-state index contributed by atoms with van der Waals surface area (Å²) in [5.74, 6) is 0.935. The molecule has 0 bridgehead atoms. The van der Waals surface area contributed by atoms with Gasteiger partial charge >= 0.3 is 5.88 Å². The molecule has 6 rings (SSSR count). The molecule has 1 aliphatic heterocycles. The van der Waals surface area contributed by atoms with Crippen molar-refractivity contribution in [2.45, 2.75) is 0 Å². The number of morpholine rings is 1. The number of methoxy groups -OCH3 is 3. The molecule has 0 aliphatic carbocycles. The first-order chi connectivity index (χ1) is 20.5. The molecule has 0 saturated carbocycles. The molecule has 216 valence electrons. The van der Waals surface area contributed by atoms with E-state index in [1.54, 1.807) is 27.5 Å². The Bertz CT molecular complexity index is 1740. The Morgan fingerprint density at radius 3 is 2.40 bits per heavy atom. The van der Waals surface area contributed by atoms with Crippen LogP contribution in [0.1, 0.15) is 4.88 Å². The average Bonchev–Trinajstić information content (AvgIpc) is 3.64. The van der Waals surface area contributed by atoms with Crippen molar-refractivity contribution in [2.75, 3.05) is 58.4 Å². The number of pyridine rings is 1. The van der Waals surface area contributed by atoms with E-state index in [1.165, 1.54) is 16.1 Å². The van der Waals surface area contributed by atoms with Gasteiger partial charge in [-0.05, 0) is 29.3 Å². The molecular formula is C29H28N6O6S. The molecule has 0 amide bonds. The highest BCUT2D eigenvalue weighted by atomic mass is 32.1. The number of nitrogens with two attached hydrogens (primary N) is 1. The number of benzene rings is 2. The van der Waals surface area contributed by atoms with Crippen molar-refractivity contribution in [3.05, 3.63) is 59.6 Å². The van der Waals surface area contributed by atoms with Crippen LogP contribution < -0.4 is 34.9 Å². The lowest BCUT2D eigenvalue weighted by Gasteiger charge is -2.18. The minimum atomic E-state index is -0.558. The number of ether oxygens (including phenoxy) is 4. The third kappa shape index (κ3) is 5.03. The zero-order valence-corrected chi connectivity index (χ0v) is 24.0. The summed E-state index contributed by atoms with van der Waals surface area (Å²) in [7, 11) is 4.66. The smallest absolute Gasteiger partial charge is 0.324 e. The van der Waals surface area contributed by atoms with E-state index in [0.717, 1.165) is 16.7 Å². The number of nitrogen functional groups attached to an aromatic ring is 1. The summed E-state index contributed by atoms with van der Waals surface area (Å²) in [6, 6.07) is 15.4. The van der Waals surface area contributed by atoms with Crippen LogP contribution in [0, 0.1) is 0 Å². The monoisotopic (exact) mass is 588 g/mol. The Labute approximate surface area is 245 Å². The third-order valence-corrected chi connectivity index (χ3v) is 7.96. The Morgan fingerprint density at radius 2 is 1.74 bits per heavy atom. The van der Waals surface area contributed by atoms with Crippen LogP contribution in [0.4, 0.5) is 11.6 Å². The van der Waals surface area contributed by atoms with E-state index in [0.29, 0.717) is 59.5 Å². The third-order valence-electron chi connectivity index (χ3n) is 6.87. The summed E-state index contributed by atoms with van der Waals surface area (Å²) in [5, 5.41) is 20.0. The molecule has 0 atom stereocenters. The standard InChI is InChI=1S/C29H28N6O6S/c1-37-21-13-18(14-22(38-2)26(21)39-3)19-15-20(17-7-5-4-6-8-17)31-29-24(19)25(30)27(42-29)28(36)32-23-16-35(33-41-23)34-9-11-40-12-10-34/h4-8,13-16H,9-12H2,1-3H3,(H2-,30,32,33,36). The highest BCUT2D eigenvalue weighted by molar-refractivity contribution is 7.21. The van der Waals surface area contributed by atoms with Gasteiger partial charge in [0.1, 0.15) is 4.83 Å². The molecule has 0 unspecified atom stereocenters. The van der Waals surface area contributed by atoms with Crippen molar-refractivity contribution in [3.8, 4) is 39.6 Å². The Morgan fingerprint density at radius 1 is 1.02 bits per heavy atom. The average molecular weight is 589 g/mol. The molecule has 4 heterocycles. The number of hydrogen-bond donors (Lipinski definition) is 1. The number of anilines is 1. The maximum absolute atomic E-state index is 13.4. The van der Waals surface area contributed by atoms with Crippen LogP contribution >= 0.6 is 11.3 Å². The van der Waals surface area contributed by atoms with Gasteiger partial charge in [0.25, 0.3) is 6.20 Å². The van der Waals surface area contributed by atoms with E-state index >= 15 is 0 Å². The van der Waals surface area contributed by atoms with E-state index in [4.69, 9.17) is 34.2 Å². The minimum absolute atomic E-state index is 0.0612. The molecule has 3 aromatic heterocycles. The van der Waals surface area contributed by atoms with Crippen molar-refractivity contribution < 1.29 is 33.4 Å². The van der Waals surface area contributed by atoms with E-state index in [1.807, 2.05) is 53.5 Å². The highest BCUT2D eigenvalue weighted by Gasteiger charge is 2.24. The molecule has 0 spiro atoms. The summed E-state index contributed by atoms with van der Waals surface area (Å²) >= 11 is 1.17. The van der Waals surface area contributed by atoms with Crippen LogP contribution in [0.2, 0.25) is 0 Å². The van der Waals surface area contributed by atoms with Gasteiger partial charge in [-0.1, -0.05) is 30.3 Å². The van der Waals surface area contributed by atoms with Crippen LogP contribution in [-0.2, 0) is 4.74 Å². The normalized spacial score (nSPS) is 13.9. The largest absolute Gasteiger partial charge is 0.857 e. The van der Waals surface area contributed by atoms with Crippen molar-refractivity contribution in [2.24, 2.45) is 4.99 Å². The van der Waals surface area contributed by atoms with Gasteiger partial charge in [-0.2, -0.15) is 0 Å². The lowest BCUT2D eigenvalue weighted by molar-refractivity contribution is -0.759. The first-order valence-corrected chi connectivity index (χ1v) is 13.9. The van der Waals surface area contributed by atoms with Crippen LogP contribution in [0.25, 0.3) is 32.6 Å². The Hall–Kier alpha value is -4.88. The van der Waals surface area contributed by atoms with Crippen LogP contribution in [0.3, 0.4) is 0 Å². The summed E-state index contributed by atoms with van der Waals surface area (Å²) in [5.41, 5.74) is 10.0. The lowest BCUT2D eigenvalue weighted by Crippen LogP contribution is -2.62. The van der Waals surface area contributed by atoms with Gasteiger partial charge in [-0.3, -0.25) is 4.52 Å². The highest BCUT2D eigenvalue weighted by Crippen LogP contribution is 2.46. The van der Waals surface area contributed by atoms with Gasteiger partial charge in [0.05, 0.1) is 68.7 Å². The van der Waals surface area contributed by atoms with Crippen LogP contribution in [0.15, 0.2) is 64.2 Å². The topological polar surface area (TPSA) is 144 Å². The molecule has 1 saturated heterocycles. The molecule has 42 heavy (non-hydrogen) atoms. The molecule has 1 aliphatic rings. The number of nitrogens with zero attached hydrogens (tertiary/aromatic N) is 5. The van der Waals surface area contributed by atoms with Crippen LogP contribution in [-0.4, -0.2) is 63.8 Å². The van der Waals surface area contributed by atoms with Gasteiger partial charge < -0.3 is 29.8 Å². The zero-order valence-electron chi connectivity index (χ0n) is 23.2. The van der Waals surface area contributed by atoms with Gasteiger partial charge in [-0.25, -0.2) is 9.98 Å². The lowest BCUT2D eigenvalue weighted by atomic mass is 9.98. The van der Waals surface area contributed by atoms with Crippen molar-refractivity contribution in [1.82, 2.24) is 10.3 Å². The number of rotatable bonds is 8. The fraction of sp³-hybridized carbons (Fsp3) is 0.241. The first kappa shape index (κ1) is 27.3. The Kier molecular flexibility index (Phi) is 7.50. The second-order valence-electron chi connectivity index (χ2n) is 9.30. The van der Waals surface area contributed by atoms with Crippen molar-refractivity contribution >= 4 is 39.0 Å². The van der Waals surface area contributed by atoms with Gasteiger partial charge in [0, 0.05) is 16.8 Å². The summed E-state index contributed by atoms with van der Waals surface area (Å²) in [6.07, 6.45) is 1.56. The molecule has 12 nitrogen and oxygen atoms in total. The van der Waals surface area contributed by atoms with Gasteiger partial charge in [0.2, 0.25) is 11.0 Å². The molecule has 2 aromatic carbocycles. The fourth-order valence-electron chi connectivity index (χ4n) is 4.82. The van der Waals surface area contributed by atoms with Crippen molar-refractivity contribution in [1.29, 1.82) is 0 Å². The second-order valence-corrected chi connectivity index (χ2v) is 10.3. The van der Waals surface area contributed by atoms with E-state index in [-0.39, 0.29) is 16.4 Å². The number of aromatic nitrogens is 3. The molecule has 2 N–H and O–H groups in total. The SMILES string of the molecule is COc1cc(-c2cc(-c3ccccc3)nc3sc(/C([O-])=N/c4c[n+](N5CCOCC5)no4)c(N)c23)cc(OC)c1OC. The molecule has 1 fully saturated rings. The van der Waals surface area contributed by atoms with E-state index < -0.39 is 5.90 Å². The quantitative estimate of drug-likeness (QED) is 0.163. The molecule has 5 aromatic rings. The maximum Gasteiger partial charge on any atom is 0.324 e. The molecule has 13 heteroatoms. The molecular weight excluding hydrogens is 560 g/mol. The van der Waals surface area contributed by atoms with E-state index in [2.05, 4.69) is 10.3 Å². The summed E-state index contributed by atoms with van der Waals surface area (Å²) in [6.45, 7) is 2.45. The summed E-state index contributed by atoms with van der Waals surface area (Å²) in [4.78, 5) is 11.4. The minimum Gasteiger partial charge on any atom is -0.857 e. The number of thiophene rings is 1. The Balaban J connectivity index is 1.49. The number of hydrogen-bond acceptors (Lipinski definition) is 12. The predicted molar refractivity (Wildman–Crippen MR) is 156 cm³/mol. The fourth-order valence-corrected chi connectivity index (χ4v) is 5.83. The number of fused-ring (bicyclic) bond motifs is 1. The van der Waals surface area contributed by atoms with Crippen LogP contribution in [0.5, 0.6) is 17.2 Å². The van der Waals surface area contributed by atoms with Gasteiger partial charge in [0.15, 0.2) is 11.5 Å². The van der Waals surface area contributed by atoms with E-state index in [9.17, 15) is 5.11 Å². The van der Waals surface area contributed by atoms with Gasteiger partial charge in [-0.15, -0.1) is 16.3 Å². The second kappa shape index (κ2) is 11.5. The summed E-state index contributed by atoms with van der Waals surface area (Å²) < 4.78 is 27.4. The molecule has 0 radical (unpaired) electrons.